The Hall–Kier alpha value is -0.750. The highest BCUT2D eigenvalue weighted by Gasteiger charge is 2.02. The molecule has 0 unspecified atom stereocenters. The van der Waals surface area contributed by atoms with E-state index in [4.69, 9.17) is 5.73 Å². The molecule has 0 aromatic heterocycles. The van der Waals surface area contributed by atoms with Crippen LogP contribution in [-0.4, -0.2) is 27.0 Å². The molecular formula is C10H15BrN2O2S. The predicted molar refractivity (Wildman–Crippen MR) is 71.4 cm³/mol. The fourth-order valence-electron chi connectivity index (χ4n) is 1.23. The Morgan fingerprint density at radius 1 is 1.44 bits per heavy atom. The first-order valence-corrected chi connectivity index (χ1v) is 7.70. The summed E-state index contributed by atoms with van der Waals surface area (Å²) in [6, 6.07) is 5.46. The SMILES string of the molecule is CS(=O)(=O)CCCNc1ccc(N)cc1Br. The molecule has 90 valence electrons. The van der Waals surface area contributed by atoms with Crippen molar-refractivity contribution in [3.05, 3.63) is 22.7 Å². The summed E-state index contributed by atoms with van der Waals surface area (Å²) >= 11 is 3.38. The molecule has 1 rings (SSSR count). The van der Waals surface area contributed by atoms with Gasteiger partial charge in [0.1, 0.15) is 9.84 Å². The molecule has 0 fully saturated rings. The Labute approximate surface area is 104 Å². The summed E-state index contributed by atoms with van der Waals surface area (Å²) in [6.45, 7) is 0.621. The fourth-order valence-corrected chi connectivity index (χ4v) is 2.44. The van der Waals surface area contributed by atoms with Gasteiger partial charge < -0.3 is 11.1 Å². The Morgan fingerprint density at radius 3 is 2.69 bits per heavy atom. The minimum Gasteiger partial charge on any atom is -0.399 e. The zero-order valence-corrected chi connectivity index (χ0v) is 11.4. The van der Waals surface area contributed by atoms with Gasteiger partial charge in [0.15, 0.2) is 0 Å². The lowest BCUT2D eigenvalue weighted by molar-refractivity contribution is 0.600. The maximum Gasteiger partial charge on any atom is 0.147 e. The summed E-state index contributed by atoms with van der Waals surface area (Å²) in [6.07, 6.45) is 1.84. The van der Waals surface area contributed by atoms with Gasteiger partial charge in [-0.2, -0.15) is 0 Å². The van der Waals surface area contributed by atoms with Crippen LogP contribution in [0.25, 0.3) is 0 Å². The van der Waals surface area contributed by atoms with Crippen LogP contribution in [0, 0.1) is 0 Å². The summed E-state index contributed by atoms with van der Waals surface area (Å²) < 4.78 is 22.7. The Bertz CT molecular complexity index is 460. The zero-order valence-electron chi connectivity index (χ0n) is 9.03. The second-order valence-corrected chi connectivity index (χ2v) is 6.76. The average Bonchev–Trinajstić information content (AvgIpc) is 2.13. The molecule has 0 amide bonds. The van der Waals surface area contributed by atoms with Crippen LogP contribution >= 0.6 is 15.9 Å². The largest absolute Gasteiger partial charge is 0.399 e. The first-order chi connectivity index (χ1) is 7.38. The van der Waals surface area contributed by atoms with Gasteiger partial charge in [-0.05, 0) is 40.5 Å². The maximum atomic E-state index is 10.9. The summed E-state index contributed by atoms with van der Waals surface area (Å²) in [5, 5.41) is 3.15. The third kappa shape index (κ3) is 4.85. The van der Waals surface area contributed by atoms with Gasteiger partial charge in [0.2, 0.25) is 0 Å². The summed E-state index contributed by atoms with van der Waals surface area (Å²) in [4.78, 5) is 0. The Morgan fingerprint density at radius 2 is 2.12 bits per heavy atom. The first-order valence-electron chi connectivity index (χ1n) is 4.85. The lowest BCUT2D eigenvalue weighted by Crippen LogP contribution is -2.09. The van der Waals surface area contributed by atoms with E-state index in [1.54, 1.807) is 12.1 Å². The zero-order chi connectivity index (χ0) is 12.2. The van der Waals surface area contributed by atoms with Crippen molar-refractivity contribution in [2.45, 2.75) is 6.42 Å². The lowest BCUT2D eigenvalue weighted by Gasteiger charge is -2.08. The second-order valence-electron chi connectivity index (χ2n) is 3.65. The van der Waals surface area contributed by atoms with Crippen LogP contribution in [0.15, 0.2) is 22.7 Å². The molecule has 4 nitrogen and oxygen atoms in total. The highest BCUT2D eigenvalue weighted by molar-refractivity contribution is 9.10. The van der Waals surface area contributed by atoms with E-state index in [0.29, 0.717) is 18.7 Å². The smallest absolute Gasteiger partial charge is 0.147 e. The number of sulfone groups is 1. The van der Waals surface area contributed by atoms with E-state index in [1.165, 1.54) is 6.26 Å². The molecule has 0 atom stereocenters. The molecule has 3 N–H and O–H groups in total. The van der Waals surface area contributed by atoms with Crippen LogP contribution in [0.2, 0.25) is 0 Å². The number of benzene rings is 1. The topological polar surface area (TPSA) is 72.2 Å². The van der Waals surface area contributed by atoms with Gasteiger partial charge in [-0.25, -0.2) is 8.42 Å². The molecule has 0 radical (unpaired) electrons. The van der Waals surface area contributed by atoms with Crippen molar-refractivity contribution in [3.63, 3.8) is 0 Å². The molecule has 0 spiro atoms. The quantitative estimate of drug-likeness (QED) is 0.643. The number of nitrogens with two attached hydrogens (primary N) is 1. The molecule has 0 saturated heterocycles. The predicted octanol–water partition coefficient (Wildman–Crippen LogP) is 1.88. The van der Waals surface area contributed by atoms with Gasteiger partial charge in [0.25, 0.3) is 0 Å². The van der Waals surface area contributed by atoms with Crippen LogP contribution in [0.1, 0.15) is 6.42 Å². The van der Waals surface area contributed by atoms with Crippen molar-refractivity contribution in [2.75, 3.05) is 29.6 Å². The third-order valence-electron chi connectivity index (χ3n) is 2.00. The minimum atomic E-state index is -2.87. The fraction of sp³-hybridized carbons (Fsp3) is 0.400. The summed E-state index contributed by atoms with van der Waals surface area (Å²) in [5.41, 5.74) is 7.21. The van der Waals surface area contributed by atoms with Crippen molar-refractivity contribution in [3.8, 4) is 0 Å². The maximum absolute atomic E-state index is 10.9. The van der Waals surface area contributed by atoms with Gasteiger partial charge in [-0.1, -0.05) is 0 Å². The highest BCUT2D eigenvalue weighted by Crippen LogP contribution is 2.24. The minimum absolute atomic E-state index is 0.201. The monoisotopic (exact) mass is 306 g/mol. The van der Waals surface area contributed by atoms with E-state index < -0.39 is 9.84 Å². The number of nitrogens with one attached hydrogen (secondary N) is 1. The lowest BCUT2D eigenvalue weighted by atomic mass is 10.3. The van der Waals surface area contributed by atoms with Crippen LogP contribution in [-0.2, 0) is 9.84 Å². The number of anilines is 2. The number of hydrogen-bond acceptors (Lipinski definition) is 4. The van der Waals surface area contributed by atoms with Gasteiger partial charge in [-0.3, -0.25) is 0 Å². The van der Waals surface area contributed by atoms with E-state index in [-0.39, 0.29) is 5.75 Å². The molecule has 6 heteroatoms. The van der Waals surface area contributed by atoms with Crippen LogP contribution < -0.4 is 11.1 Å². The second kappa shape index (κ2) is 5.54. The number of halogens is 1. The van der Waals surface area contributed by atoms with E-state index in [1.807, 2.05) is 6.07 Å². The van der Waals surface area contributed by atoms with Crippen molar-refractivity contribution >= 4 is 37.1 Å². The van der Waals surface area contributed by atoms with Gasteiger partial charge in [-0.15, -0.1) is 0 Å². The molecule has 0 bridgehead atoms. The summed E-state index contributed by atoms with van der Waals surface area (Å²) in [5.74, 6) is 0.201. The normalized spacial score (nSPS) is 11.4. The Balaban J connectivity index is 2.43. The van der Waals surface area contributed by atoms with Gasteiger partial charge in [0, 0.05) is 28.6 Å². The van der Waals surface area contributed by atoms with Crippen LogP contribution in [0.5, 0.6) is 0 Å². The van der Waals surface area contributed by atoms with Crippen LogP contribution in [0.4, 0.5) is 11.4 Å². The van der Waals surface area contributed by atoms with E-state index >= 15 is 0 Å². The van der Waals surface area contributed by atoms with Crippen molar-refractivity contribution in [1.29, 1.82) is 0 Å². The van der Waals surface area contributed by atoms with E-state index in [2.05, 4.69) is 21.2 Å². The molecule has 0 heterocycles. The third-order valence-corrected chi connectivity index (χ3v) is 3.69. The molecule has 1 aromatic carbocycles. The Kier molecular flexibility index (Phi) is 4.61. The van der Waals surface area contributed by atoms with Crippen LogP contribution in [0.3, 0.4) is 0 Å². The molecule has 0 saturated carbocycles. The standard InChI is InChI=1S/C10H15BrN2O2S/c1-16(14,15)6-2-5-13-10-4-3-8(12)7-9(10)11/h3-4,7,13H,2,5-6,12H2,1H3. The summed E-state index contributed by atoms with van der Waals surface area (Å²) in [7, 11) is -2.87. The molecule has 1 aromatic rings. The van der Waals surface area contributed by atoms with E-state index in [9.17, 15) is 8.42 Å². The molecule has 0 aliphatic carbocycles. The van der Waals surface area contributed by atoms with Gasteiger partial charge in [0.05, 0.1) is 5.75 Å². The highest BCUT2D eigenvalue weighted by atomic mass is 79.9. The number of hydrogen-bond donors (Lipinski definition) is 2. The van der Waals surface area contributed by atoms with Crippen molar-refractivity contribution in [2.24, 2.45) is 0 Å². The molecular weight excluding hydrogens is 292 g/mol. The van der Waals surface area contributed by atoms with Crippen molar-refractivity contribution in [1.82, 2.24) is 0 Å². The van der Waals surface area contributed by atoms with E-state index in [0.717, 1.165) is 10.2 Å². The molecule has 0 aliphatic heterocycles. The molecule has 16 heavy (non-hydrogen) atoms. The molecule has 0 aliphatic rings. The number of rotatable bonds is 5. The number of nitrogen functional groups attached to an aromatic ring is 1. The van der Waals surface area contributed by atoms with Crippen molar-refractivity contribution < 1.29 is 8.42 Å². The first kappa shape index (κ1) is 13.3. The average molecular weight is 307 g/mol. The van der Waals surface area contributed by atoms with Gasteiger partial charge >= 0.3 is 0 Å².